The second-order valence-corrected chi connectivity index (χ2v) is 6.56. The summed E-state index contributed by atoms with van der Waals surface area (Å²) in [7, 11) is -3.40. The lowest BCUT2D eigenvalue weighted by Gasteiger charge is -2.18. The molecule has 1 aliphatic heterocycles. The zero-order chi connectivity index (χ0) is 11.9. The van der Waals surface area contributed by atoms with E-state index in [4.69, 9.17) is 13.6 Å². The molecule has 0 saturated heterocycles. The third-order valence-electron chi connectivity index (χ3n) is 1.61. The fraction of sp³-hybridized carbons (Fsp3) is 0.778. The largest absolute Gasteiger partial charge is 0.529 e. The summed E-state index contributed by atoms with van der Waals surface area (Å²) in [5, 5.41) is 1.89. The summed E-state index contributed by atoms with van der Waals surface area (Å²) in [6, 6.07) is 0. The minimum atomic E-state index is -3.40. The molecule has 0 radical (unpaired) electrons. The van der Waals surface area contributed by atoms with Crippen LogP contribution in [0.3, 0.4) is 0 Å². The highest BCUT2D eigenvalue weighted by molar-refractivity contribution is 8.05. The molecule has 0 aliphatic carbocycles. The molecule has 1 rings (SSSR count). The topological polar surface area (TPSA) is 44.8 Å². The third kappa shape index (κ3) is 5.15. The Morgan fingerprint density at radius 3 is 2.62 bits per heavy atom. The Balaban J connectivity index is 2.59. The summed E-state index contributed by atoms with van der Waals surface area (Å²) in [4.78, 5) is 0. The lowest BCUT2D eigenvalue weighted by molar-refractivity contribution is 0.146. The van der Waals surface area contributed by atoms with Crippen molar-refractivity contribution in [2.24, 2.45) is 0 Å². The predicted molar refractivity (Wildman–Crippen MR) is 69.8 cm³/mol. The van der Waals surface area contributed by atoms with E-state index < -0.39 is 7.82 Å². The quantitative estimate of drug-likeness (QED) is 0.695. The van der Waals surface area contributed by atoms with Gasteiger partial charge in [0, 0.05) is 16.9 Å². The molecule has 1 heterocycles. The molecule has 0 atom stereocenters. The molecular weight excluding hydrogens is 267 g/mol. The average Bonchev–Trinajstić information content (AvgIpc) is 2.46. The van der Waals surface area contributed by atoms with Crippen LogP contribution >= 0.6 is 31.3 Å². The molecule has 0 amide bonds. The number of hydrogen-bond acceptors (Lipinski definition) is 6. The fourth-order valence-corrected chi connectivity index (χ4v) is 4.32. The SMILES string of the molecule is CCOP(=O)(OCC)OC1=CSCCSC1. The zero-order valence-corrected chi connectivity index (χ0v) is 12.0. The molecule has 0 fully saturated rings. The number of thioether (sulfide) groups is 2. The molecule has 0 unspecified atom stereocenters. The van der Waals surface area contributed by atoms with Gasteiger partial charge in [-0.05, 0) is 13.8 Å². The summed E-state index contributed by atoms with van der Waals surface area (Å²) < 4.78 is 27.6. The van der Waals surface area contributed by atoms with E-state index in [0.29, 0.717) is 19.0 Å². The van der Waals surface area contributed by atoms with Gasteiger partial charge in [-0.2, -0.15) is 11.8 Å². The maximum Gasteiger partial charge on any atom is 0.529 e. The normalized spacial score (nSPS) is 17.8. The van der Waals surface area contributed by atoms with Gasteiger partial charge in [0.15, 0.2) is 0 Å². The van der Waals surface area contributed by atoms with Crippen molar-refractivity contribution in [3.8, 4) is 0 Å². The molecule has 0 N–H and O–H groups in total. The van der Waals surface area contributed by atoms with Crippen LogP contribution in [0.15, 0.2) is 11.2 Å². The highest BCUT2D eigenvalue weighted by Gasteiger charge is 2.28. The van der Waals surface area contributed by atoms with Crippen LogP contribution in [0, 0.1) is 0 Å². The van der Waals surface area contributed by atoms with Crippen LogP contribution in [0.2, 0.25) is 0 Å². The van der Waals surface area contributed by atoms with Crippen molar-refractivity contribution >= 4 is 31.3 Å². The van der Waals surface area contributed by atoms with E-state index in [9.17, 15) is 4.57 Å². The first-order chi connectivity index (χ1) is 7.70. The van der Waals surface area contributed by atoms with Crippen LogP contribution in [0.5, 0.6) is 0 Å². The van der Waals surface area contributed by atoms with Crippen molar-refractivity contribution in [3.05, 3.63) is 11.2 Å². The summed E-state index contributed by atoms with van der Waals surface area (Å²) >= 11 is 3.41. The number of rotatable bonds is 6. The maximum atomic E-state index is 12.1. The Morgan fingerprint density at radius 1 is 1.31 bits per heavy atom. The molecule has 0 saturated carbocycles. The molecule has 0 aromatic rings. The lowest BCUT2D eigenvalue weighted by atomic mass is 10.7. The monoisotopic (exact) mass is 284 g/mol. The van der Waals surface area contributed by atoms with Crippen LogP contribution < -0.4 is 0 Å². The summed E-state index contributed by atoms with van der Waals surface area (Å²) in [5.41, 5.74) is 0. The molecule has 1 aliphatic rings. The van der Waals surface area contributed by atoms with Gasteiger partial charge >= 0.3 is 7.82 Å². The van der Waals surface area contributed by atoms with E-state index in [0.717, 1.165) is 17.3 Å². The van der Waals surface area contributed by atoms with Gasteiger partial charge in [0.05, 0.1) is 19.0 Å². The van der Waals surface area contributed by atoms with Crippen molar-refractivity contribution in [1.29, 1.82) is 0 Å². The van der Waals surface area contributed by atoms with E-state index in [1.807, 2.05) is 5.41 Å². The molecule has 4 nitrogen and oxygen atoms in total. The second-order valence-electron chi connectivity index (χ2n) is 2.88. The van der Waals surface area contributed by atoms with Gasteiger partial charge in [0.2, 0.25) is 0 Å². The van der Waals surface area contributed by atoms with E-state index in [1.165, 1.54) is 0 Å². The third-order valence-corrected chi connectivity index (χ3v) is 5.32. The van der Waals surface area contributed by atoms with Gasteiger partial charge in [-0.1, -0.05) is 0 Å². The second kappa shape index (κ2) is 7.67. The Hall–Kier alpha value is 0.390. The number of phosphoric acid groups is 1. The molecule has 7 heteroatoms. The summed E-state index contributed by atoms with van der Waals surface area (Å²) in [6.07, 6.45) is 0. The lowest BCUT2D eigenvalue weighted by Crippen LogP contribution is -2.01. The molecule has 0 aromatic carbocycles. The van der Waals surface area contributed by atoms with Crippen molar-refractivity contribution in [1.82, 2.24) is 0 Å². The van der Waals surface area contributed by atoms with E-state index in [-0.39, 0.29) is 0 Å². The van der Waals surface area contributed by atoms with Crippen LogP contribution in [-0.4, -0.2) is 30.5 Å². The Labute approximate surface area is 105 Å². The van der Waals surface area contributed by atoms with Crippen molar-refractivity contribution < 1.29 is 18.1 Å². The molecule has 0 spiro atoms. The van der Waals surface area contributed by atoms with Gasteiger partial charge in [0.25, 0.3) is 0 Å². The Morgan fingerprint density at radius 2 is 2.00 bits per heavy atom. The minimum absolute atomic E-state index is 0.310. The molecule has 0 aromatic heterocycles. The van der Waals surface area contributed by atoms with Gasteiger partial charge in [0.1, 0.15) is 5.76 Å². The summed E-state index contributed by atoms with van der Waals surface area (Å²) in [6.45, 7) is 4.15. The van der Waals surface area contributed by atoms with E-state index >= 15 is 0 Å². The van der Waals surface area contributed by atoms with Crippen LogP contribution in [0.25, 0.3) is 0 Å². The minimum Gasteiger partial charge on any atom is -0.407 e. The van der Waals surface area contributed by atoms with Gasteiger partial charge in [-0.25, -0.2) is 4.57 Å². The number of hydrogen-bond donors (Lipinski definition) is 0. The first kappa shape index (κ1) is 14.5. The Bertz CT molecular complexity index is 273. The standard InChI is InChI=1S/C9H17O4PS2/c1-3-11-14(10,12-4-2)13-9-7-15-5-6-16-8-9/h7H,3-6,8H2,1-2H3. The Kier molecular flexibility index (Phi) is 6.92. The average molecular weight is 284 g/mol. The fourth-order valence-electron chi connectivity index (χ4n) is 1.06. The molecule has 0 bridgehead atoms. The van der Waals surface area contributed by atoms with Crippen molar-refractivity contribution in [2.45, 2.75) is 13.8 Å². The van der Waals surface area contributed by atoms with Crippen LogP contribution in [0.1, 0.15) is 13.8 Å². The first-order valence-electron chi connectivity index (χ1n) is 5.17. The number of phosphoric ester groups is 1. The van der Waals surface area contributed by atoms with Crippen molar-refractivity contribution in [2.75, 3.05) is 30.5 Å². The van der Waals surface area contributed by atoms with E-state index in [2.05, 4.69) is 0 Å². The molecule has 16 heavy (non-hydrogen) atoms. The van der Waals surface area contributed by atoms with Crippen LogP contribution in [0.4, 0.5) is 0 Å². The first-order valence-corrected chi connectivity index (χ1v) is 8.83. The molecular formula is C9H17O4PS2. The van der Waals surface area contributed by atoms with Gasteiger partial charge in [-0.3, -0.25) is 9.05 Å². The zero-order valence-electron chi connectivity index (χ0n) is 9.51. The highest BCUT2D eigenvalue weighted by Crippen LogP contribution is 2.51. The molecule has 94 valence electrons. The van der Waals surface area contributed by atoms with Gasteiger partial charge < -0.3 is 4.52 Å². The highest BCUT2D eigenvalue weighted by atomic mass is 32.2. The van der Waals surface area contributed by atoms with Crippen LogP contribution in [-0.2, 0) is 18.1 Å². The van der Waals surface area contributed by atoms with Gasteiger partial charge in [-0.15, -0.1) is 11.8 Å². The maximum absolute atomic E-state index is 12.1. The van der Waals surface area contributed by atoms with E-state index in [1.54, 1.807) is 37.4 Å². The summed E-state index contributed by atoms with van der Waals surface area (Å²) in [5.74, 6) is 3.52. The smallest absolute Gasteiger partial charge is 0.407 e. The predicted octanol–water partition coefficient (Wildman–Crippen LogP) is 3.51. The van der Waals surface area contributed by atoms with Crippen molar-refractivity contribution in [3.63, 3.8) is 0 Å².